The number of hydrogen-bond donors (Lipinski definition) is 1. The number of anilines is 2. The molecular formula is C17H15N5O. The molecule has 0 fully saturated rings. The second-order valence-corrected chi connectivity index (χ2v) is 5.33. The van der Waals surface area contributed by atoms with Gasteiger partial charge in [0, 0.05) is 11.8 Å². The smallest absolute Gasteiger partial charge is 0.204 e. The second kappa shape index (κ2) is 5.24. The number of hydrogen-bond acceptors (Lipinski definition) is 5. The lowest BCUT2D eigenvalue weighted by Gasteiger charge is -2.10. The van der Waals surface area contributed by atoms with Crippen molar-refractivity contribution in [1.29, 1.82) is 0 Å². The zero-order chi connectivity index (χ0) is 15.8. The molecule has 0 aliphatic carbocycles. The maximum atomic E-state index is 5.25. The number of methoxy groups -OCH3 is 1. The quantitative estimate of drug-likeness (QED) is 0.629. The van der Waals surface area contributed by atoms with E-state index in [1.54, 1.807) is 13.4 Å². The van der Waals surface area contributed by atoms with E-state index in [0.29, 0.717) is 11.5 Å². The summed E-state index contributed by atoms with van der Waals surface area (Å²) in [6.07, 6.45) is 1.70. The van der Waals surface area contributed by atoms with Gasteiger partial charge in [-0.2, -0.15) is 0 Å². The predicted octanol–water partition coefficient (Wildman–Crippen LogP) is 3.34. The molecule has 1 N–H and O–H groups in total. The van der Waals surface area contributed by atoms with Crippen molar-refractivity contribution in [3.8, 4) is 5.75 Å². The molecule has 4 aromatic rings. The lowest BCUT2D eigenvalue weighted by Crippen LogP contribution is -2.00. The summed E-state index contributed by atoms with van der Waals surface area (Å²) in [6, 6.07) is 13.8. The molecule has 6 nitrogen and oxygen atoms in total. The summed E-state index contributed by atoms with van der Waals surface area (Å²) in [5, 5.41) is 11.5. The summed E-state index contributed by atoms with van der Waals surface area (Å²) in [4.78, 5) is 4.69. The molecule has 0 saturated heterocycles. The van der Waals surface area contributed by atoms with E-state index in [0.717, 1.165) is 22.5 Å². The minimum atomic E-state index is 0.659. The van der Waals surface area contributed by atoms with Crippen molar-refractivity contribution >= 4 is 28.2 Å². The van der Waals surface area contributed by atoms with Gasteiger partial charge in [0.05, 0.1) is 18.1 Å². The van der Waals surface area contributed by atoms with Crippen molar-refractivity contribution in [3.05, 3.63) is 54.4 Å². The molecule has 0 saturated carbocycles. The number of nitrogens with one attached hydrogen (secondary N) is 1. The molecule has 0 radical (unpaired) electrons. The monoisotopic (exact) mass is 305 g/mol. The molecule has 114 valence electrons. The Hall–Kier alpha value is -3.15. The van der Waals surface area contributed by atoms with Crippen molar-refractivity contribution < 1.29 is 4.74 Å². The van der Waals surface area contributed by atoms with Crippen LogP contribution in [0, 0.1) is 6.92 Å². The zero-order valence-electron chi connectivity index (χ0n) is 12.8. The second-order valence-electron chi connectivity index (χ2n) is 5.33. The van der Waals surface area contributed by atoms with Gasteiger partial charge in [0.25, 0.3) is 0 Å². The average Bonchev–Trinajstić information content (AvgIpc) is 3.06. The summed E-state index contributed by atoms with van der Waals surface area (Å²) in [6.45, 7) is 2.05. The van der Waals surface area contributed by atoms with Crippen LogP contribution in [0.4, 0.5) is 11.5 Å². The normalized spacial score (nSPS) is 11.0. The fourth-order valence-electron chi connectivity index (χ4n) is 2.59. The molecule has 0 spiro atoms. The van der Waals surface area contributed by atoms with E-state index >= 15 is 0 Å². The molecule has 2 heterocycles. The number of aromatic nitrogens is 4. The Balaban J connectivity index is 1.88. The highest BCUT2D eigenvalue weighted by Gasteiger charge is 2.11. The molecule has 2 aromatic heterocycles. The van der Waals surface area contributed by atoms with E-state index in [1.165, 1.54) is 5.56 Å². The van der Waals surface area contributed by atoms with Gasteiger partial charge < -0.3 is 10.1 Å². The third kappa shape index (κ3) is 2.34. The predicted molar refractivity (Wildman–Crippen MR) is 89.3 cm³/mol. The third-order valence-electron chi connectivity index (χ3n) is 3.71. The number of benzene rings is 2. The van der Waals surface area contributed by atoms with Gasteiger partial charge >= 0.3 is 0 Å². The standard InChI is InChI=1S/C17H15N5O/c1-11-6-7-14-15(8-11)22-10-18-21-17(22)16(20-14)19-12-4-3-5-13(9-12)23-2/h3-10H,1-2H3,(H,19,20). The molecule has 0 amide bonds. The highest BCUT2D eigenvalue weighted by Crippen LogP contribution is 2.25. The molecule has 4 rings (SSSR count). The van der Waals surface area contributed by atoms with Gasteiger partial charge in [-0.25, -0.2) is 4.98 Å². The average molecular weight is 305 g/mol. The van der Waals surface area contributed by atoms with Gasteiger partial charge in [-0.3, -0.25) is 4.40 Å². The van der Waals surface area contributed by atoms with Crippen LogP contribution in [-0.2, 0) is 0 Å². The highest BCUT2D eigenvalue weighted by atomic mass is 16.5. The molecule has 0 unspecified atom stereocenters. The fourth-order valence-corrected chi connectivity index (χ4v) is 2.59. The minimum absolute atomic E-state index is 0.659. The number of nitrogens with zero attached hydrogens (tertiary/aromatic N) is 4. The Kier molecular flexibility index (Phi) is 3.08. The van der Waals surface area contributed by atoms with Crippen molar-refractivity contribution in [3.63, 3.8) is 0 Å². The van der Waals surface area contributed by atoms with Crippen LogP contribution in [0.15, 0.2) is 48.8 Å². The van der Waals surface area contributed by atoms with Gasteiger partial charge in [-0.05, 0) is 36.8 Å². The largest absolute Gasteiger partial charge is 0.497 e. The maximum absolute atomic E-state index is 5.25. The number of ether oxygens (including phenoxy) is 1. The first-order valence-corrected chi connectivity index (χ1v) is 7.26. The summed E-state index contributed by atoms with van der Waals surface area (Å²) in [7, 11) is 1.65. The van der Waals surface area contributed by atoms with Crippen molar-refractivity contribution in [1.82, 2.24) is 19.6 Å². The number of rotatable bonds is 3. The summed E-state index contributed by atoms with van der Waals surface area (Å²) < 4.78 is 7.20. The van der Waals surface area contributed by atoms with Gasteiger partial charge in [-0.15, -0.1) is 10.2 Å². The summed E-state index contributed by atoms with van der Waals surface area (Å²) in [5.41, 5.74) is 4.61. The van der Waals surface area contributed by atoms with Crippen LogP contribution in [-0.4, -0.2) is 26.7 Å². The van der Waals surface area contributed by atoms with E-state index in [9.17, 15) is 0 Å². The van der Waals surface area contributed by atoms with Crippen LogP contribution in [0.3, 0.4) is 0 Å². The maximum Gasteiger partial charge on any atom is 0.204 e. The summed E-state index contributed by atoms with van der Waals surface area (Å²) in [5.74, 6) is 1.44. The minimum Gasteiger partial charge on any atom is -0.497 e. The molecule has 6 heteroatoms. The highest BCUT2D eigenvalue weighted by molar-refractivity contribution is 5.84. The van der Waals surface area contributed by atoms with Crippen molar-refractivity contribution in [2.24, 2.45) is 0 Å². The zero-order valence-corrected chi connectivity index (χ0v) is 12.8. The van der Waals surface area contributed by atoms with E-state index in [2.05, 4.69) is 28.5 Å². The molecule has 0 bridgehead atoms. The first-order chi connectivity index (χ1) is 11.2. The lowest BCUT2D eigenvalue weighted by atomic mass is 10.2. The van der Waals surface area contributed by atoms with E-state index < -0.39 is 0 Å². The first-order valence-electron chi connectivity index (χ1n) is 7.26. The van der Waals surface area contributed by atoms with Gasteiger partial charge in [-0.1, -0.05) is 12.1 Å². The van der Waals surface area contributed by atoms with Gasteiger partial charge in [0.1, 0.15) is 12.1 Å². The van der Waals surface area contributed by atoms with E-state index in [4.69, 9.17) is 9.72 Å². The van der Waals surface area contributed by atoms with Crippen LogP contribution < -0.4 is 10.1 Å². The molecule has 23 heavy (non-hydrogen) atoms. The van der Waals surface area contributed by atoms with Crippen LogP contribution in [0.1, 0.15) is 5.56 Å². The Bertz CT molecular complexity index is 1010. The number of aryl methyl sites for hydroxylation is 1. The fraction of sp³-hybridized carbons (Fsp3) is 0.118. The lowest BCUT2D eigenvalue weighted by molar-refractivity contribution is 0.415. The SMILES string of the molecule is COc1cccc(Nc2nc3ccc(C)cc3n3cnnc23)c1. The molecule has 0 aliphatic rings. The van der Waals surface area contributed by atoms with Crippen LogP contribution in [0.25, 0.3) is 16.7 Å². The molecule has 2 aromatic carbocycles. The third-order valence-corrected chi connectivity index (χ3v) is 3.71. The summed E-state index contributed by atoms with van der Waals surface area (Å²) >= 11 is 0. The Labute approximate surface area is 132 Å². The van der Waals surface area contributed by atoms with E-state index in [1.807, 2.05) is 40.8 Å². The van der Waals surface area contributed by atoms with Crippen LogP contribution >= 0.6 is 0 Å². The topological polar surface area (TPSA) is 64.3 Å². The first kappa shape index (κ1) is 13.5. The Morgan fingerprint density at radius 2 is 2.04 bits per heavy atom. The Morgan fingerprint density at radius 3 is 2.91 bits per heavy atom. The molecular weight excluding hydrogens is 290 g/mol. The van der Waals surface area contributed by atoms with E-state index in [-0.39, 0.29) is 0 Å². The molecule has 0 atom stereocenters. The van der Waals surface area contributed by atoms with Gasteiger partial charge in [0.15, 0.2) is 5.82 Å². The number of fused-ring (bicyclic) bond motifs is 3. The Morgan fingerprint density at radius 1 is 1.13 bits per heavy atom. The molecule has 0 aliphatic heterocycles. The van der Waals surface area contributed by atoms with Gasteiger partial charge in [0.2, 0.25) is 5.65 Å². The van der Waals surface area contributed by atoms with Crippen molar-refractivity contribution in [2.75, 3.05) is 12.4 Å². The van der Waals surface area contributed by atoms with Crippen LogP contribution in [0.2, 0.25) is 0 Å². The van der Waals surface area contributed by atoms with Crippen LogP contribution in [0.5, 0.6) is 5.75 Å². The van der Waals surface area contributed by atoms with Crippen molar-refractivity contribution in [2.45, 2.75) is 6.92 Å².